The number of Topliss-reactive ketones (excluding diaryl/α,β-unsaturated/α-hetero) is 2. The molecular weight excluding hydrogens is 603 g/mol. The van der Waals surface area contributed by atoms with E-state index in [1.54, 1.807) is 13.9 Å². The van der Waals surface area contributed by atoms with Gasteiger partial charge < -0.3 is 19.7 Å². The van der Waals surface area contributed by atoms with Gasteiger partial charge in [-0.05, 0) is 79.9 Å². The maximum atomic E-state index is 13.5. The number of methoxy groups -OCH3 is 1. The van der Waals surface area contributed by atoms with E-state index in [4.69, 9.17) is 4.74 Å². The van der Waals surface area contributed by atoms with Gasteiger partial charge in [0.25, 0.3) is 0 Å². The Bertz CT molecular complexity index is 1620. The highest BCUT2D eigenvalue weighted by Crippen LogP contribution is 2.32. The molecule has 3 aromatic carbocycles. The van der Waals surface area contributed by atoms with Gasteiger partial charge in [-0.15, -0.1) is 0 Å². The minimum atomic E-state index is -3.66. The summed E-state index contributed by atoms with van der Waals surface area (Å²) in [6.07, 6.45) is 2.66. The van der Waals surface area contributed by atoms with Gasteiger partial charge in [-0.3, -0.25) is 13.9 Å². The normalized spacial score (nSPS) is 18.2. The molecule has 9 nitrogen and oxygen atoms in total. The first-order chi connectivity index (χ1) is 21.8. The second-order valence-corrected chi connectivity index (χ2v) is 14.4. The first-order valence-electron chi connectivity index (χ1n) is 15.7. The third kappa shape index (κ3) is 8.85. The van der Waals surface area contributed by atoms with Crippen molar-refractivity contribution in [3.05, 3.63) is 95.1 Å². The average molecular weight is 649 g/mol. The lowest BCUT2D eigenvalue weighted by Crippen LogP contribution is -2.51. The van der Waals surface area contributed by atoms with Crippen LogP contribution in [-0.2, 0) is 16.4 Å². The fraction of sp³-hybridized carbons (Fsp3) is 0.429. The van der Waals surface area contributed by atoms with Gasteiger partial charge in [0.05, 0.1) is 25.2 Å². The van der Waals surface area contributed by atoms with Crippen molar-refractivity contribution in [1.29, 1.82) is 0 Å². The summed E-state index contributed by atoms with van der Waals surface area (Å²) in [7, 11) is -1.44. The molecule has 0 aliphatic carbocycles. The summed E-state index contributed by atoms with van der Waals surface area (Å²) in [6, 6.07) is 21.6. The van der Waals surface area contributed by atoms with Gasteiger partial charge in [0, 0.05) is 43.1 Å². The molecule has 0 radical (unpaired) electrons. The number of hydrogen-bond acceptors (Lipinski definition) is 8. The van der Waals surface area contributed by atoms with Crippen molar-refractivity contribution >= 4 is 34.3 Å². The van der Waals surface area contributed by atoms with E-state index in [1.165, 1.54) is 25.2 Å². The first-order valence-corrected chi connectivity index (χ1v) is 17.6. The number of aliphatic hydroxyl groups is 1. The van der Waals surface area contributed by atoms with E-state index in [0.29, 0.717) is 12.8 Å². The Hall–Kier alpha value is -3.51. The molecule has 1 aliphatic rings. The highest BCUT2D eigenvalue weighted by atomic mass is 32.2. The van der Waals surface area contributed by atoms with Crippen LogP contribution in [0.25, 0.3) is 0 Å². The van der Waals surface area contributed by atoms with E-state index in [0.717, 1.165) is 33.9 Å². The van der Waals surface area contributed by atoms with E-state index in [1.807, 2.05) is 66.3 Å². The zero-order chi connectivity index (χ0) is 33.6. The molecule has 11 heteroatoms. The van der Waals surface area contributed by atoms with Crippen molar-refractivity contribution in [2.45, 2.75) is 76.4 Å². The largest absolute Gasteiger partial charge is 0.497 e. The van der Waals surface area contributed by atoms with Gasteiger partial charge >= 0.3 is 7.05 Å². The van der Waals surface area contributed by atoms with Crippen LogP contribution in [0.15, 0.2) is 72.8 Å². The van der Waals surface area contributed by atoms with Crippen LogP contribution in [-0.4, -0.2) is 80.6 Å². The number of anilines is 1. The van der Waals surface area contributed by atoms with Crippen LogP contribution in [0, 0.1) is 0 Å². The maximum Gasteiger partial charge on any atom is 0.376 e. The third-order valence-electron chi connectivity index (χ3n) is 9.03. The Kier molecular flexibility index (Phi) is 11.8. The minimum Gasteiger partial charge on any atom is -0.497 e. The van der Waals surface area contributed by atoms with Crippen LogP contribution in [0.2, 0.25) is 6.82 Å². The summed E-state index contributed by atoms with van der Waals surface area (Å²) in [5.74, 6) is 0.184. The van der Waals surface area contributed by atoms with Crippen LogP contribution in [0.5, 0.6) is 5.75 Å². The molecule has 1 heterocycles. The quantitative estimate of drug-likeness (QED) is 0.175. The van der Waals surface area contributed by atoms with Crippen molar-refractivity contribution in [2.75, 3.05) is 24.7 Å². The summed E-state index contributed by atoms with van der Waals surface area (Å²) in [6.45, 7) is 3.64. The number of nitrogens with zero attached hydrogens (tertiary/aromatic N) is 2. The second-order valence-electron chi connectivity index (χ2n) is 12.4. The van der Waals surface area contributed by atoms with Gasteiger partial charge in [0.1, 0.15) is 5.75 Å². The van der Waals surface area contributed by atoms with Crippen LogP contribution in [0.4, 0.5) is 5.69 Å². The minimum absolute atomic E-state index is 0.00798. The topological polar surface area (TPSA) is 124 Å². The van der Waals surface area contributed by atoms with Gasteiger partial charge in [0.2, 0.25) is 10.0 Å². The van der Waals surface area contributed by atoms with Gasteiger partial charge in [-0.1, -0.05) is 49.4 Å². The molecule has 246 valence electrons. The van der Waals surface area contributed by atoms with Crippen LogP contribution in [0.1, 0.15) is 76.8 Å². The van der Waals surface area contributed by atoms with Gasteiger partial charge in [-0.25, -0.2) is 8.42 Å². The lowest BCUT2D eigenvalue weighted by molar-refractivity contribution is 0.0741. The summed E-state index contributed by atoms with van der Waals surface area (Å²) in [5, 5.41) is 21.9. The Morgan fingerprint density at radius 3 is 2.33 bits per heavy atom. The van der Waals surface area contributed by atoms with Crippen LogP contribution >= 0.6 is 0 Å². The molecule has 1 fully saturated rings. The van der Waals surface area contributed by atoms with Crippen molar-refractivity contribution < 1.29 is 32.9 Å². The Labute approximate surface area is 273 Å². The standard InChI is InChI=1S/C35H45BN2O7S/c1-24(26-11-7-6-8-12-26)18-35(41)28-21-27(22-30(23-28)37(3)46(5,43)44)33(39)16-17-34(40)32-15-14-29(38(32)36(2)42)19-25-10-9-13-31(20-25)45-4/h6-13,20-24,29,32,34,40,42H,14-19H2,1-5H3/t24-,29-,32+,34-/m0/s1. The van der Waals surface area contributed by atoms with Crippen LogP contribution in [0.3, 0.4) is 0 Å². The number of ether oxygens (including phenoxy) is 1. The number of ketones is 2. The molecule has 1 saturated heterocycles. The zero-order valence-electron chi connectivity index (χ0n) is 27.3. The number of benzene rings is 3. The highest BCUT2D eigenvalue weighted by molar-refractivity contribution is 7.92. The Morgan fingerprint density at radius 1 is 1.02 bits per heavy atom. The Balaban J connectivity index is 1.49. The van der Waals surface area contributed by atoms with E-state index >= 15 is 0 Å². The molecule has 4 atom stereocenters. The van der Waals surface area contributed by atoms with Crippen LogP contribution < -0.4 is 9.04 Å². The number of aliphatic hydroxyl groups excluding tert-OH is 1. The Morgan fingerprint density at radius 2 is 1.70 bits per heavy atom. The second kappa shape index (κ2) is 15.4. The average Bonchev–Trinajstić information content (AvgIpc) is 3.46. The molecule has 4 rings (SSSR count). The van der Waals surface area contributed by atoms with E-state index in [2.05, 4.69) is 0 Å². The molecule has 2 N–H and O–H groups in total. The summed E-state index contributed by atoms with van der Waals surface area (Å²) in [5.41, 5.74) is 2.78. The zero-order valence-corrected chi connectivity index (χ0v) is 28.1. The molecule has 0 spiro atoms. The van der Waals surface area contributed by atoms with E-state index < -0.39 is 23.2 Å². The summed E-state index contributed by atoms with van der Waals surface area (Å²) >= 11 is 0. The van der Waals surface area contributed by atoms with Gasteiger partial charge in [0.15, 0.2) is 11.6 Å². The predicted molar refractivity (Wildman–Crippen MR) is 182 cm³/mol. The summed E-state index contributed by atoms with van der Waals surface area (Å²) < 4.78 is 31.1. The van der Waals surface area contributed by atoms with E-state index in [-0.39, 0.29) is 65.6 Å². The molecule has 3 aromatic rings. The number of sulfonamides is 1. The number of rotatable bonds is 15. The molecule has 1 aliphatic heterocycles. The smallest absolute Gasteiger partial charge is 0.376 e. The number of carbonyl (C=O) groups excluding carboxylic acids is 2. The number of carbonyl (C=O) groups is 2. The lowest BCUT2D eigenvalue weighted by Gasteiger charge is -2.34. The number of hydrogen-bond donors (Lipinski definition) is 2. The fourth-order valence-electron chi connectivity index (χ4n) is 6.40. The molecule has 0 aromatic heterocycles. The maximum absolute atomic E-state index is 13.5. The van der Waals surface area contributed by atoms with Crippen molar-refractivity contribution in [3.63, 3.8) is 0 Å². The SMILES string of the molecule is COc1cccc(C[C@@H]2CC[C@H]([C@@H](O)CCC(=O)c3cc(C(=O)C[C@H](C)c4ccccc4)cc(N(C)S(C)(=O)=O)c3)N2B(C)O)c1. The van der Waals surface area contributed by atoms with E-state index in [9.17, 15) is 28.1 Å². The highest BCUT2D eigenvalue weighted by Gasteiger charge is 2.41. The van der Waals surface area contributed by atoms with Crippen molar-refractivity contribution in [1.82, 2.24) is 4.81 Å². The first kappa shape index (κ1) is 35.4. The molecular formula is C35H45BN2O7S. The summed E-state index contributed by atoms with van der Waals surface area (Å²) in [4.78, 5) is 28.9. The molecule has 0 amide bonds. The lowest BCUT2D eigenvalue weighted by atomic mass is 9.81. The molecule has 46 heavy (non-hydrogen) atoms. The molecule has 0 unspecified atom stereocenters. The fourth-order valence-corrected chi connectivity index (χ4v) is 6.89. The van der Waals surface area contributed by atoms with Gasteiger partial charge in [-0.2, -0.15) is 0 Å². The third-order valence-corrected chi connectivity index (χ3v) is 10.2. The molecule has 0 saturated carbocycles. The molecule has 0 bridgehead atoms. The monoisotopic (exact) mass is 648 g/mol. The van der Waals surface area contributed by atoms with Crippen molar-refractivity contribution in [3.8, 4) is 5.75 Å². The predicted octanol–water partition coefficient (Wildman–Crippen LogP) is 4.98. The van der Waals surface area contributed by atoms with Crippen molar-refractivity contribution in [2.24, 2.45) is 0 Å².